The Morgan fingerprint density at radius 3 is 2.83 bits per heavy atom. The van der Waals surface area contributed by atoms with Crippen LogP contribution in [0.1, 0.15) is 29.0 Å². The van der Waals surface area contributed by atoms with Gasteiger partial charge in [0.25, 0.3) is 0 Å². The van der Waals surface area contributed by atoms with Gasteiger partial charge in [-0.3, -0.25) is 0 Å². The van der Waals surface area contributed by atoms with Crippen LogP contribution in [0.25, 0.3) is 0 Å². The second-order valence-corrected chi connectivity index (χ2v) is 6.49. The number of nitrogens with zero attached hydrogens (tertiary/aromatic N) is 1. The summed E-state index contributed by atoms with van der Waals surface area (Å²) in [7, 11) is 4.19. The molecule has 0 atom stereocenters. The lowest BCUT2D eigenvalue weighted by atomic mass is 10.4. The number of hydrogen-bond donors (Lipinski definition) is 1. The predicted octanol–water partition coefficient (Wildman–Crippen LogP) is 2.47. The molecule has 0 radical (unpaired) electrons. The summed E-state index contributed by atoms with van der Waals surface area (Å²) < 4.78 is 5.68. The van der Waals surface area contributed by atoms with E-state index >= 15 is 0 Å². The van der Waals surface area contributed by atoms with Crippen LogP contribution in [-0.4, -0.2) is 38.2 Å². The molecule has 102 valence electrons. The minimum absolute atomic E-state index is 0.765. The van der Waals surface area contributed by atoms with Gasteiger partial charge in [-0.25, -0.2) is 0 Å². The van der Waals surface area contributed by atoms with Crippen LogP contribution in [0.5, 0.6) is 0 Å². The smallest absolute Gasteiger partial charge is 0.0809 e. The van der Waals surface area contributed by atoms with E-state index in [0.717, 1.165) is 38.8 Å². The van der Waals surface area contributed by atoms with Crippen LogP contribution in [0.15, 0.2) is 12.1 Å². The molecule has 18 heavy (non-hydrogen) atoms. The van der Waals surface area contributed by atoms with Crippen LogP contribution in [0.4, 0.5) is 0 Å². The molecule has 0 saturated heterocycles. The average Bonchev–Trinajstić information content (AvgIpc) is 3.06. The van der Waals surface area contributed by atoms with Gasteiger partial charge in [0, 0.05) is 28.9 Å². The van der Waals surface area contributed by atoms with Crippen molar-refractivity contribution >= 4 is 11.3 Å². The molecule has 0 spiro atoms. The first-order chi connectivity index (χ1) is 8.74. The molecule has 1 N–H and O–H groups in total. The summed E-state index contributed by atoms with van der Waals surface area (Å²) in [4.78, 5) is 4.96. The van der Waals surface area contributed by atoms with E-state index in [1.165, 1.54) is 22.6 Å². The van der Waals surface area contributed by atoms with Crippen LogP contribution >= 0.6 is 11.3 Å². The molecule has 0 amide bonds. The Hall–Kier alpha value is -0.420. The lowest BCUT2D eigenvalue weighted by Gasteiger charge is -2.08. The van der Waals surface area contributed by atoms with Gasteiger partial charge in [-0.1, -0.05) is 0 Å². The Kier molecular flexibility index (Phi) is 5.63. The van der Waals surface area contributed by atoms with Crippen molar-refractivity contribution in [1.82, 2.24) is 10.2 Å². The van der Waals surface area contributed by atoms with E-state index in [9.17, 15) is 0 Å². The maximum Gasteiger partial charge on any atom is 0.0809 e. The minimum Gasteiger partial charge on any atom is -0.376 e. The van der Waals surface area contributed by atoms with E-state index in [1.807, 2.05) is 11.3 Å². The van der Waals surface area contributed by atoms with E-state index in [4.69, 9.17) is 4.74 Å². The molecule has 4 heteroatoms. The van der Waals surface area contributed by atoms with Crippen LogP contribution in [-0.2, 0) is 17.9 Å². The third-order valence-corrected chi connectivity index (χ3v) is 4.06. The van der Waals surface area contributed by atoms with Gasteiger partial charge in [0.15, 0.2) is 0 Å². The van der Waals surface area contributed by atoms with Gasteiger partial charge in [0.2, 0.25) is 0 Å². The first-order valence-electron chi connectivity index (χ1n) is 6.77. The normalized spacial score (nSPS) is 15.5. The molecule has 1 aliphatic rings. The van der Waals surface area contributed by atoms with Crippen LogP contribution in [0.3, 0.4) is 0 Å². The number of rotatable bonds is 9. The average molecular weight is 268 g/mol. The summed E-state index contributed by atoms with van der Waals surface area (Å²) in [6.45, 7) is 3.74. The van der Waals surface area contributed by atoms with E-state index in [-0.39, 0.29) is 0 Å². The second-order valence-electron chi connectivity index (χ2n) is 5.23. The lowest BCUT2D eigenvalue weighted by molar-refractivity contribution is 0.115. The monoisotopic (exact) mass is 268 g/mol. The number of thiophene rings is 1. The summed E-state index contributed by atoms with van der Waals surface area (Å²) in [5.41, 5.74) is 0. The van der Waals surface area contributed by atoms with Gasteiger partial charge in [0.1, 0.15) is 0 Å². The summed E-state index contributed by atoms with van der Waals surface area (Å²) in [5.74, 6) is 0. The third-order valence-electron chi connectivity index (χ3n) is 3.00. The molecule has 1 aromatic heterocycles. The fraction of sp³-hybridized carbons (Fsp3) is 0.714. The van der Waals surface area contributed by atoms with Crippen molar-refractivity contribution in [3.05, 3.63) is 21.9 Å². The zero-order valence-corrected chi connectivity index (χ0v) is 12.3. The topological polar surface area (TPSA) is 24.5 Å². The Labute approximate surface area is 114 Å². The zero-order valence-electron chi connectivity index (χ0n) is 11.4. The highest BCUT2D eigenvalue weighted by Gasteiger charge is 2.20. The van der Waals surface area contributed by atoms with Gasteiger partial charge in [-0.2, -0.15) is 0 Å². The second kappa shape index (κ2) is 7.24. The summed E-state index contributed by atoms with van der Waals surface area (Å²) in [5, 5.41) is 3.54. The van der Waals surface area contributed by atoms with Gasteiger partial charge < -0.3 is 15.0 Å². The van der Waals surface area contributed by atoms with E-state index in [2.05, 4.69) is 36.4 Å². The highest BCUT2D eigenvalue weighted by Crippen LogP contribution is 2.22. The molecule has 2 rings (SSSR count). The Morgan fingerprint density at radius 2 is 2.11 bits per heavy atom. The van der Waals surface area contributed by atoms with Gasteiger partial charge in [-0.15, -0.1) is 11.3 Å². The molecule has 0 aliphatic heterocycles. The van der Waals surface area contributed by atoms with Crippen molar-refractivity contribution in [3.63, 3.8) is 0 Å². The van der Waals surface area contributed by atoms with E-state index < -0.39 is 0 Å². The predicted molar refractivity (Wildman–Crippen MR) is 77.0 cm³/mol. The first kappa shape index (κ1) is 14.0. The molecule has 1 fully saturated rings. The fourth-order valence-corrected chi connectivity index (χ4v) is 2.69. The number of ether oxygens (including phenoxy) is 1. The van der Waals surface area contributed by atoms with Crippen molar-refractivity contribution in [2.45, 2.75) is 38.5 Å². The van der Waals surface area contributed by atoms with Crippen LogP contribution in [0.2, 0.25) is 0 Å². The third kappa shape index (κ3) is 5.48. The number of hydrogen-bond acceptors (Lipinski definition) is 4. The van der Waals surface area contributed by atoms with Crippen molar-refractivity contribution in [2.75, 3.05) is 27.2 Å². The van der Waals surface area contributed by atoms with Gasteiger partial charge in [-0.05, 0) is 52.0 Å². The zero-order chi connectivity index (χ0) is 12.8. The highest BCUT2D eigenvalue weighted by atomic mass is 32.1. The van der Waals surface area contributed by atoms with E-state index in [0.29, 0.717) is 0 Å². The molecule has 0 bridgehead atoms. The maximum absolute atomic E-state index is 5.68. The molecule has 1 aliphatic carbocycles. The largest absolute Gasteiger partial charge is 0.376 e. The van der Waals surface area contributed by atoms with Crippen molar-refractivity contribution < 1.29 is 4.74 Å². The fourth-order valence-electron chi connectivity index (χ4n) is 1.78. The Morgan fingerprint density at radius 1 is 1.33 bits per heavy atom. The molecule has 0 aromatic carbocycles. The highest BCUT2D eigenvalue weighted by molar-refractivity contribution is 7.11. The van der Waals surface area contributed by atoms with Crippen molar-refractivity contribution in [1.29, 1.82) is 0 Å². The van der Waals surface area contributed by atoms with Crippen molar-refractivity contribution in [2.24, 2.45) is 0 Å². The standard InChI is InChI=1S/C14H24N2OS/c1-16(2)8-3-9-17-11-14-7-6-13(18-14)10-15-12-4-5-12/h6-7,12,15H,3-5,8-11H2,1-2H3. The molecular formula is C14H24N2OS. The molecule has 1 aromatic rings. The van der Waals surface area contributed by atoms with Crippen LogP contribution < -0.4 is 5.32 Å². The Bertz CT molecular complexity index is 347. The van der Waals surface area contributed by atoms with Gasteiger partial charge in [0.05, 0.1) is 6.61 Å². The number of nitrogens with one attached hydrogen (secondary N) is 1. The molecule has 3 nitrogen and oxygen atoms in total. The molecular weight excluding hydrogens is 244 g/mol. The molecule has 0 unspecified atom stereocenters. The SMILES string of the molecule is CN(C)CCCOCc1ccc(CNC2CC2)s1. The van der Waals surface area contributed by atoms with Crippen LogP contribution in [0, 0.1) is 0 Å². The quantitative estimate of drug-likeness (QED) is 0.696. The molecule has 1 heterocycles. The first-order valence-corrected chi connectivity index (χ1v) is 7.59. The molecule has 1 saturated carbocycles. The summed E-state index contributed by atoms with van der Waals surface area (Å²) >= 11 is 1.87. The minimum atomic E-state index is 0.765. The maximum atomic E-state index is 5.68. The Balaban J connectivity index is 1.57. The van der Waals surface area contributed by atoms with Gasteiger partial charge >= 0.3 is 0 Å². The lowest BCUT2D eigenvalue weighted by Crippen LogP contribution is -2.14. The van der Waals surface area contributed by atoms with Crippen molar-refractivity contribution in [3.8, 4) is 0 Å². The van der Waals surface area contributed by atoms with E-state index in [1.54, 1.807) is 0 Å². The summed E-state index contributed by atoms with van der Waals surface area (Å²) in [6, 6.07) is 5.21. The summed E-state index contributed by atoms with van der Waals surface area (Å²) in [6.07, 6.45) is 3.81.